The molecule has 0 aliphatic heterocycles. The predicted octanol–water partition coefficient (Wildman–Crippen LogP) is 2.56. The van der Waals surface area contributed by atoms with E-state index in [2.05, 4.69) is 5.32 Å². The summed E-state index contributed by atoms with van der Waals surface area (Å²) in [6.07, 6.45) is 0.938. The van der Waals surface area contributed by atoms with Gasteiger partial charge in [-0.2, -0.15) is 0 Å². The molecular weight excluding hydrogens is 426 g/mol. The Morgan fingerprint density at radius 2 is 1.87 bits per heavy atom. The van der Waals surface area contributed by atoms with E-state index in [1.165, 1.54) is 26.4 Å². The van der Waals surface area contributed by atoms with Crippen LogP contribution in [0.25, 0.3) is 0 Å². The number of nitro groups is 1. The molecule has 0 spiro atoms. The van der Waals surface area contributed by atoms with E-state index in [-0.39, 0.29) is 11.4 Å². The van der Waals surface area contributed by atoms with Gasteiger partial charge in [-0.15, -0.1) is 0 Å². The molecule has 2 aromatic rings. The molecule has 0 heterocycles. The minimum absolute atomic E-state index is 0.0680. The molecule has 1 atom stereocenters. The first-order valence-electron chi connectivity index (χ1n) is 9.22. The number of sulfonamides is 1. The highest BCUT2D eigenvalue weighted by atomic mass is 32.2. The second-order valence-electron chi connectivity index (χ2n) is 6.89. The number of non-ortho nitro benzene ring substituents is 1. The van der Waals surface area contributed by atoms with Crippen molar-refractivity contribution in [1.29, 1.82) is 0 Å². The third kappa shape index (κ3) is 5.85. The number of amides is 1. The van der Waals surface area contributed by atoms with Crippen LogP contribution in [0.2, 0.25) is 0 Å². The SMILES string of the molecule is COc1ccc(OC)c([C@H](C)NC(=O)CN(c2cc([N+](=O)[O-])ccc2C)S(C)(=O)=O)c1. The molecule has 1 N–H and O–H groups in total. The average molecular weight is 452 g/mol. The van der Waals surface area contributed by atoms with Crippen LogP contribution in [0, 0.1) is 17.0 Å². The minimum Gasteiger partial charge on any atom is -0.497 e. The topological polar surface area (TPSA) is 128 Å². The molecule has 0 saturated heterocycles. The molecule has 0 fully saturated rings. The first-order chi connectivity index (χ1) is 14.5. The van der Waals surface area contributed by atoms with E-state index < -0.39 is 33.4 Å². The summed E-state index contributed by atoms with van der Waals surface area (Å²) < 4.78 is 36.1. The van der Waals surface area contributed by atoms with Gasteiger partial charge in [-0.05, 0) is 37.6 Å². The smallest absolute Gasteiger partial charge is 0.271 e. The second kappa shape index (κ2) is 9.65. The number of nitrogens with one attached hydrogen (secondary N) is 1. The zero-order chi connectivity index (χ0) is 23.3. The highest BCUT2D eigenvalue weighted by Gasteiger charge is 2.25. The number of hydrogen-bond donors (Lipinski definition) is 1. The molecule has 0 aromatic heterocycles. The number of carbonyl (C=O) groups is 1. The van der Waals surface area contributed by atoms with Gasteiger partial charge < -0.3 is 14.8 Å². The Labute approximate surface area is 181 Å². The largest absolute Gasteiger partial charge is 0.497 e. The standard InChI is InChI=1S/C20H25N3O7S/c1-13-6-7-15(23(25)26)10-18(13)22(31(5,27)28)12-20(24)21-14(2)17-11-16(29-3)8-9-19(17)30-4/h6-11,14H,12H2,1-5H3,(H,21,24)/t14-/m0/s1. The molecule has 0 bridgehead atoms. The molecule has 31 heavy (non-hydrogen) atoms. The van der Waals surface area contributed by atoms with Gasteiger partial charge in [0.15, 0.2) is 0 Å². The molecule has 1 amide bonds. The van der Waals surface area contributed by atoms with E-state index in [4.69, 9.17) is 9.47 Å². The molecule has 0 aliphatic carbocycles. The number of nitrogens with zero attached hydrogens (tertiary/aromatic N) is 2. The van der Waals surface area contributed by atoms with E-state index in [1.54, 1.807) is 32.0 Å². The number of rotatable bonds is 9. The summed E-state index contributed by atoms with van der Waals surface area (Å²) in [7, 11) is -0.886. The summed E-state index contributed by atoms with van der Waals surface area (Å²) >= 11 is 0. The number of methoxy groups -OCH3 is 2. The number of ether oxygens (including phenoxy) is 2. The number of benzene rings is 2. The Hall–Kier alpha value is -3.34. The fourth-order valence-corrected chi connectivity index (χ4v) is 3.94. The van der Waals surface area contributed by atoms with Gasteiger partial charge in [0.2, 0.25) is 15.9 Å². The van der Waals surface area contributed by atoms with Crippen molar-refractivity contribution >= 4 is 27.3 Å². The van der Waals surface area contributed by atoms with Crippen LogP contribution in [0.5, 0.6) is 11.5 Å². The van der Waals surface area contributed by atoms with Crippen LogP contribution in [0.15, 0.2) is 36.4 Å². The quantitative estimate of drug-likeness (QED) is 0.458. The van der Waals surface area contributed by atoms with Crippen molar-refractivity contribution in [2.75, 3.05) is 31.3 Å². The van der Waals surface area contributed by atoms with Crippen molar-refractivity contribution in [1.82, 2.24) is 5.32 Å². The molecule has 11 heteroatoms. The number of hydrogen-bond acceptors (Lipinski definition) is 7. The molecule has 168 valence electrons. The first kappa shape index (κ1) is 23.9. The molecule has 10 nitrogen and oxygen atoms in total. The van der Waals surface area contributed by atoms with Crippen LogP contribution in [-0.2, 0) is 14.8 Å². The predicted molar refractivity (Wildman–Crippen MR) is 116 cm³/mol. The van der Waals surface area contributed by atoms with Crippen molar-refractivity contribution in [3.05, 3.63) is 57.6 Å². The summed E-state index contributed by atoms with van der Waals surface area (Å²) in [6.45, 7) is 2.79. The third-order valence-electron chi connectivity index (χ3n) is 4.64. The van der Waals surface area contributed by atoms with Crippen molar-refractivity contribution in [3.8, 4) is 11.5 Å². The maximum atomic E-state index is 12.7. The van der Waals surface area contributed by atoms with Gasteiger partial charge >= 0.3 is 0 Å². The van der Waals surface area contributed by atoms with E-state index >= 15 is 0 Å². The molecule has 0 aliphatic rings. The first-order valence-corrected chi connectivity index (χ1v) is 11.1. The highest BCUT2D eigenvalue weighted by Crippen LogP contribution is 2.30. The normalized spacial score (nSPS) is 12.0. The zero-order valence-corrected chi connectivity index (χ0v) is 18.7. The number of aryl methyl sites for hydroxylation is 1. The Kier molecular flexibility index (Phi) is 7.45. The van der Waals surface area contributed by atoms with Crippen LogP contribution >= 0.6 is 0 Å². The second-order valence-corrected chi connectivity index (χ2v) is 8.80. The number of anilines is 1. The van der Waals surface area contributed by atoms with Gasteiger partial charge in [-0.25, -0.2) is 8.42 Å². The van der Waals surface area contributed by atoms with Gasteiger partial charge in [-0.1, -0.05) is 6.07 Å². The van der Waals surface area contributed by atoms with Crippen LogP contribution < -0.4 is 19.1 Å². The zero-order valence-electron chi connectivity index (χ0n) is 17.9. The van der Waals surface area contributed by atoms with E-state index in [9.17, 15) is 23.3 Å². The molecule has 2 aromatic carbocycles. The number of carbonyl (C=O) groups excluding carboxylic acids is 1. The highest BCUT2D eigenvalue weighted by molar-refractivity contribution is 7.92. The van der Waals surface area contributed by atoms with Crippen LogP contribution in [0.1, 0.15) is 24.1 Å². The lowest BCUT2D eigenvalue weighted by molar-refractivity contribution is -0.384. The van der Waals surface area contributed by atoms with Gasteiger partial charge in [0.1, 0.15) is 18.0 Å². The molecular formula is C20H25N3O7S. The van der Waals surface area contributed by atoms with E-state index in [1.807, 2.05) is 0 Å². The van der Waals surface area contributed by atoms with E-state index in [0.717, 1.165) is 16.6 Å². The number of nitro benzene ring substituents is 1. The van der Waals surface area contributed by atoms with E-state index in [0.29, 0.717) is 22.6 Å². The lowest BCUT2D eigenvalue weighted by atomic mass is 10.1. The van der Waals surface area contributed by atoms with Crippen molar-refractivity contribution in [2.45, 2.75) is 19.9 Å². The third-order valence-corrected chi connectivity index (χ3v) is 5.77. The fourth-order valence-electron chi connectivity index (χ4n) is 3.03. The monoisotopic (exact) mass is 451 g/mol. The summed E-state index contributed by atoms with van der Waals surface area (Å²) in [6, 6.07) is 8.45. The van der Waals surface area contributed by atoms with Gasteiger partial charge in [0.25, 0.3) is 5.69 Å². The Bertz CT molecular complexity index is 1090. The van der Waals surface area contributed by atoms with Crippen molar-refractivity contribution < 1.29 is 27.6 Å². The Balaban J connectivity index is 2.31. The summed E-state index contributed by atoms with van der Waals surface area (Å²) in [5.74, 6) is 0.513. The van der Waals surface area contributed by atoms with Crippen LogP contribution in [0.3, 0.4) is 0 Å². The van der Waals surface area contributed by atoms with Crippen LogP contribution in [0.4, 0.5) is 11.4 Å². The van der Waals surface area contributed by atoms with Crippen molar-refractivity contribution in [3.63, 3.8) is 0 Å². The molecule has 0 saturated carbocycles. The lowest BCUT2D eigenvalue weighted by Gasteiger charge is -2.25. The maximum absolute atomic E-state index is 12.7. The molecule has 0 radical (unpaired) electrons. The fraction of sp³-hybridized carbons (Fsp3) is 0.350. The van der Waals surface area contributed by atoms with Gasteiger partial charge in [0, 0.05) is 17.7 Å². The van der Waals surface area contributed by atoms with Gasteiger partial charge in [-0.3, -0.25) is 19.2 Å². The Morgan fingerprint density at radius 1 is 1.19 bits per heavy atom. The van der Waals surface area contributed by atoms with Crippen molar-refractivity contribution in [2.24, 2.45) is 0 Å². The molecule has 2 rings (SSSR count). The maximum Gasteiger partial charge on any atom is 0.271 e. The van der Waals surface area contributed by atoms with Crippen LogP contribution in [-0.4, -0.2) is 46.3 Å². The summed E-state index contributed by atoms with van der Waals surface area (Å²) in [4.78, 5) is 23.2. The molecule has 0 unspecified atom stereocenters. The minimum atomic E-state index is -3.90. The van der Waals surface area contributed by atoms with Gasteiger partial charge in [0.05, 0.1) is 37.1 Å². The average Bonchev–Trinajstić information content (AvgIpc) is 2.71. The summed E-state index contributed by atoms with van der Waals surface area (Å²) in [5.41, 5.74) is 0.918. The Morgan fingerprint density at radius 3 is 2.42 bits per heavy atom. The lowest BCUT2D eigenvalue weighted by Crippen LogP contribution is -2.41. The summed E-state index contributed by atoms with van der Waals surface area (Å²) in [5, 5.41) is 13.8.